The van der Waals surface area contributed by atoms with Gasteiger partial charge in [0.05, 0.1) is 18.4 Å². The molecule has 0 saturated carbocycles. The zero-order valence-electron chi connectivity index (χ0n) is 12.8. The second-order valence-corrected chi connectivity index (χ2v) is 4.76. The third-order valence-corrected chi connectivity index (χ3v) is 3.10. The molecular weight excluding hydrogens is 320 g/mol. The van der Waals surface area contributed by atoms with Crippen molar-refractivity contribution in [2.24, 2.45) is 0 Å². The number of carbonyl (C=O) groups excluding carboxylic acids is 2. The Morgan fingerprint density at radius 2 is 2.00 bits per heavy atom. The summed E-state index contributed by atoms with van der Waals surface area (Å²) >= 11 is 0. The molecule has 0 aliphatic heterocycles. The maximum absolute atomic E-state index is 13.7. The molecule has 0 radical (unpaired) electrons. The van der Waals surface area contributed by atoms with E-state index in [0.717, 1.165) is 18.9 Å². The number of pyridine rings is 1. The van der Waals surface area contributed by atoms with Crippen molar-refractivity contribution in [3.8, 4) is 0 Å². The average Bonchev–Trinajstić information content (AvgIpc) is 2.57. The van der Waals surface area contributed by atoms with Crippen LogP contribution in [0.25, 0.3) is 0 Å². The van der Waals surface area contributed by atoms with Crippen LogP contribution < -0.4 is 10.6 Å². The summed E-state index contributed by atoms with van der Waals surface area (Å²) in [6, 6.07) is 6.11. The van der Waals surface area contributed by atoms with Gasteiger partial charge in [-0.1, -0.05) is 6.07 Å². The van der Waals surface area contributed by atoms with Crippen LogP contribution in [0.15, 0.2) is 36.5 Å². The molecule has 2 rings (SSSR count). The fraction of sp³-hybridized carbons (Fsp3) is 0.188. The number of halogens is 2. The average molecular weight is 335 g/mol. The van der Waals surface area contributed by atoms with E-state index in [1.165, 1.54) is 0 Å². The Balaban J connectivity index is 1.97. The molecule has 2 amide bonds. The summed E-state index contributed by atoms with van der Waals surface area (Å²) in [5.74, 6) is -3.04. The van der Waals surface area contributed by atoms with Gasteiger partial charge >= 0.3 is 12.0 Å². The Hall–Kier alpha value is -3.03. The van der Waals surface area contributed by atoms with E-state index < -0.39 is 29.2 Å². The Morgan fingerprint density at radius 3 is 2.67 bits per heavy atom. The summed E-state index contributed by atoms with van der Waals surface area (Å²) in [6.45, 7) is 0.273. The number of ether oxygens (including phenoxy) is 1. The number of benzene rings is 1. The molecule has 0 atom stereocenters. The molecule has 0 bridgehead atoms. The Morgan fingerprint density at radius 1 is 1.21 bits per heavy atom. The molecule has 0 saturated heterocycles. The van der Waals surface area contributed by atoms with Crippen LogP contribution in [0.5, 0.6) is 0 Å². The lowest BCUT2D eigenvalue weighted by molar-refractivity contribution is 0.0595. The third kappa shape index (κ3) is 4.48. The van der Waals surface area contributed by atoms with Crippen LogP contribution in [0.2, 0.25) is 0 Å². The molecule has 6 nitrogen and oxygen atoms in total. The maximum atomic E-state index is 13.7. The minimum Gasteiger partial charge on any atom is -0.465 e. The van der Waals surface area contributed by atoms with E-state index in [4.69, 9.17) is 0 Å². The first-order chi connectivity index (χ1) is 11.5. The topological polar surface area (TPSA) is 80.3 Å². The summed E-state index contributed by atoms with van der Waals surface area (Å²) in [4.78, 5) is 27.3. The van der Waals surface area contributed by atoms with Crippen LogP contribution in [0, 0.1) is 11.6 Å². The number of carbonyl (C=O) groups is 2. The van der Waals surface area contributed by atoms with Crippen LogP contribution in [-0.2, 0) is 11.2 Å². The second kappa shape index (κ2) is 8.00. The first-order valence-corrected chi connectivity index (χ1v) is 7.03. The van der Waals surface area contributed by atoms with Gasteiger partial charge in [0.1, 0.15) is 11.6 Å². The Labute approximate surface area is 136 Å². The smallest absolute Gasteiger partial charge is 0.340 e. The molecule has 1 heterocycles. The van der Waals surface area contributed by atoms with E-state index in [9.17, 15) is 18.4 Å². The minimum absolute atomic E-state index is 0.273. The van der Waals surface area contributed by atoms with Gasteiger partial charge in [0, 0.05) is 30.9 Å². The predicted octanol–water partition coefficient (Wildman–Crippen LogP) is 2.51. The van der Waals surface area contributed by atoms with Gasteiger partial charge in [-0.15, -0.1) is 0 Å². The number of amides is 2. The first-order valence-electron chi connectivity index (χ1n) is 7.03. The van der Waals surface area contributed by atoms with Crippen LogP contribution in [0.4, 0.5) is 19.3 Å². The number of methoxy groups -OCH3 is 1. The molecule has 0 aliphatic carbocycles. The van der Waals surface area contributed by atoms with Crippen molar-refractivity contribution in [1.82, 2.24) is 10.3 Å². The molecular formula is C16H15F2N3O3. The van der Waals surface area contributed by atoms with Gasteiger partial charge in [-0.25, -0.2) is 18.4 Å². The normalized spacial score (nSPS) is 10.1. The molecule has 126 valence electrons. The summed E-state index contributed by atoms with van der Waals surface area (Å²) in [5, 5.41) is 4.74. The maximum Gasteiger partial charge on any atom is 0.340 e. The molecule has 0 fully saturated rings. The fourth-order valence-electron chi connectivity index (χ4n) is 1.93. The van der Waals surface area contributed by atoms with E-state index in [1.54, 1.807) is 12.3 Å². The van der Waals surface area contributed by atoms with E-state index in [0.29, 0.717) is 12.5 Å². The highest BCUT2D eigenvalue weighted by Gasteiger charge is 2.17. The molecule has 1 aromatic carbocycles. The van der Waals surface area contributed by atoms with Gasteiger partial charge in [-0.05, 0) is 18.2 Å². The minimum atomic E-state index is -1.07. The zero-order valence-corrected chi connectivity index (χ0v) is 12.8. The van der Waals surface area contributed by atoms with E-state index in [-0.39, 0.29) is 12.2 Å². The van der Waals surface area contributed by atoms with Crippen LogP contribution in [-0.4, -0.2) is 30.6 Å². The molecule has 24 heavy (non-hydrogen) atoms. The third-order valence-electron chi connectivity index (χ3n) is 3.10. The standard InChI is InChI=1S/C16H15F2N3O3/c1-24-15(22)11-8-14(13(18)9-12(11)17)21-16(23)20-7-5-10-4-2-3-6-19-10/h2-4,6,8-9H,5,7H2,1H3,(H2,20,21,23). The number of hydrogen-bond donors (Lipinski definition) is 2. The second-order valence-electron chi connectivity index (χ2n) is 4.76. The molecule has 0 unspecified atom stereocenters. The van der Waals surface area contributed by atoms with Crippen LogP contribution in [0.1, 0.15) is 16.1 Å². The zero-order chi connectivity index (χ0) is 17.5. The fourth-order valence-corrected chi connectivity index (χ4v) is 1.93. The van der Waals surface area contributed by atoms with Gasteiger partial charge in [-0.3, -0.25) is 4.98 Å². The van der Waals surface area contributed by atoms with E-state index >= 15 is 0 Å². The first kappa shape index (κ1) is 17.3. The van der Waals surface area contributed by atoms with Crippen molar-refractivity contribution in [3.05, 3.63) is 59.4 Å². The van der Waals surface area contributed by atoms with Crippen molar-refractivity contribution in [3.63, 3.8) is 0 Å². The number of hydrogen-bond acceptors (Lipinski definition) is 4. The largest absolute Gasteiger partial charge is 0.465 e. The SMILES string of the molecule is COC(=O)c1cc(NC(=O)NCCc2ccccn2)c(F)cc1F. The number of esters is 1. The highest BCUT2D eigenvalue weighted by molar-refractivity contribution is 5.94. The van der Waals surface area contributed by atoms with Gasteiger partial charge in [-0.2, -0.15) is 0 Å². The molecule has 2 N–H and O–H groups in total. The highest BCUT2D eigenvalue weighted by atomic mass is 19.1. The number of nitrogens with one attached hydrogen (secondary N) is 2. The number of urea groups is 1. The number of aromatic nitrogens is 1. The van der Waals surface area contributed by atoms with Gasteiger partial charge in [0.15, 0.2) is 0 Å². The number of nitrogens with zero attached hydrogens (tertiary/aromatic N) is 1. The molecule has 1 aromatic heterocycles. The lowest BCUT2D eigenvalue weighted by Crippen LogP contribution is -2.31. The van der Waals surface area contributed by atoms with Gasteiger partial charge < -0.3 is 15.4 Å². The lowest BCUT2D eigenvalue weighted by Gasteiger charge is -2.10. The van der Waals surface area contributed by atoms with Crippen LogP contribution in [0.3, 0.4) is 0 Å². The monoisotopic (exact) mass is 335 g/mol. The van der Waals surface area contributed by atoms with Crippen molar-refractivity contribution in [2.75, 3.05) is 19.0 Å². The van der Waals surface area contributed by atoms with Crippen molar-refractivity contribution < 1.29 is 23.1 Å². The number of anilines is 1. The van der Waals surface area contributed by atoms with Crippen molar-refractivity contribution >= 4 is 17.7 Å². The van der Waals surface area contributed by atoms with Crippen molar-refractivity contribution in [2.45, 2.75) is 6.42 Å². The molecule has 8 heteroatoms. The lowest BCUT2D eigenvalue weighted by atomic mass is 10.2. The van der Waals surface area contributed by atoms with Gasteiger partial charge in [0.2, 0.25) is 0 Å². The molecule has 0 aliphatic rings. The van der Waals surface area contributed by atoms with E-state index in [1.807, 2.05) is 12.1 Å². The summed E-state index contributed by atoms with van der Waals surface area (Å²) in [7, 11) is 1.07. The van der Waals surface area contributed by atoms with E-state index in [2.05, 4.69) is 20.4 Å². The Kier molecular flexibility index (Phi) is 5.78. The van der Waals surface area contributed by atoms with Crippen molar-refractivity contribution in [1.29, 1.82) is 0 Å². The van der Waals surface area contributed by atoms with Gasteiger partial charge in [0.25, 0.3) is 0 Å². The number of rotatable bonds is 5. The quantitative estimate of drug-likeness (QED) is 0.823. The molecule has 2 aromatic rings. The summed E-state index contributed by atoms with van der Waals surface area (Å²) in [5.41, 5.74) is -0.00596. The summed E-state index contributed by atoms with van der Waals surface area (Å²) < 4.78 is 31.6. The predicted molar refractivity (Wildman–Crippen MR) is 82.7 cm³/mol. The highest BCUT2D eigenvalue weighted by Crippen LogP contribution is 2.20. The molecule has 0 spiro atoms. The summed E-state index contributed by atoms with van der Waals surface area (Å²) in [6.07, 6.45) is 2.13. The Bertz CT molecular complexity index is 739. The van der Waals surface area contributed by atoms with Crippen LogP contribution >= 0.6 is 0 Å².